The Hall–Kier alpha value is -6.18. The lowest BCUT2D eigenvalue weighted by Gasteiger charge is -2.18. The Balaban J connectivity index is 1.67. The summed E-state index contributed by atoms with van der Waals surface area (Å²) in [5.74, 6) is -1.01. The minimum Gasteiger partial charge on any atom is -0.455 e. The summed E-state index contributed by atoms with van der Waals surface area (Å²) in [6.07, 6.45) is 0. The molecular weight excluding hydrogens is 569 g/mol. The Morgan fingerprint density at radius 2 is 0.702 bits per heavy atom. The molecule has 1 nitrogen and oxygen atoms in total. The van der Waals surface area contributed by atoms with Crippen LogP contribution in [0, 0.1) is 0 Å². The lowest BCUT2D eigenvalue weighted by atomic mass is 9.84. The van der Waals surface area contributed by atoms with E-state index in [9.17, 15) is 15.1 Å². The maximum absolute atomic E-state index is 9.90. The molecule has 0 fully saturated rings. The molecule has 9 rings (SSSR count). The van der Waals surface area contributed by atoms with Crippen LogP contribution in [0.2, 0.25) is 0 Å². The summed E-state index contributed by atoms with van der Waals surface area (Å²) in [5, 5.41) is -4.11. The highest BCUT2D eigenvalue weighted by atomic mass is 16.3. The predicted octanol–water partition coefficient (Wildman–Crippen LogP) is 13.1. The van der Waals surface area contributed by atoms with Gasteiger partial charge in [0.2, 0.25) is 0 Å². The van der Waals surface area contributed by atoms with Crippen LogP contribution >= 0.6 is 0 Å². The van der Waals surface area contributed by atoms with E-state index in [0.29, 0.717) is 0 Å². The molecule has 0 N–H and O–H groups in total. The van der Waals surface area contributed by atoms with Gasteiger partial charge >= 0.3 is 0 Å². The van der Waals surface area contributed by atoms with E-state index in [2.05, 4.69) is 0 Å². The third-order valence-corrected chi connectivity index (χ3v) is 7.19. The van der Waals surface area contributed by atoms with Gasteiger partial charge in [0.25, 0.3) is 0 Å². The number of benzene rings is 8. The van der Waals surface area contributed by atoms with Crippen LogP contribution in [0.1, 0.15) is 41.1 Å². The summed E-state index contributed by atoms with van der Waals surface area (Å²) >= 11 is 0. The molecule has 0 unspecified atom stereocenters. The molecule has 0 amide bonds. The van der Waals surface area contributed by atoms with Crippen LogP contribution in [0.15, 0.2) is 186 Å². The highest BCUT2D eigenvalue weighted by Crippen LogP contribution is 2.50. The van der Waals surface area contributed by atoms with Crippen LogP contribution in [0.3, 0.4) is 0 Å². The van der Waals surface area contributed by atoms with Gasteiger partial charge in [-0.15, -0.1) is 0 Å². The maximum atomic E-state index is 9.90. The van der Waals surface area contributed by atoms with E-state index in [4.69, 9.17) is 30.5 Å². The molecule has 47 heavy (non-hydrogen) atoms. The van der Waals surface area contributed by atoms with Crippen molar-refractivity contribution in [1.29, 1.82) is 0 Å². The van der Waals surface area contributed by atoms with E-state index in [1.165, 1.54) is 0 Å². The lowest BCUT2D eigenvalue weighted by molar-refractivity contribution is 0.632. The molecule has 1 heteroatoms. The summed E-state index contributed by atoms with van der Waals surface area (Å²) in [6.45, 7) is 0. The molecule has 1 aromatic heterocycles. The van der Waals surface area contributed by atoms with Gasteiger partial charge in [0.1, 0.15) is 11.3 Å². The van der Waals surface area contributed by atoms with Gasteiger partial charge in [0.05, 0.1) is 41.1 Å². The van der Waals surface area contributed by atoms with Crippen LogP contribution in [-0.4, -0.2) is 0 Å². The van der Waals surface area contributed by atoms with Crippen LogP contribution in [0.4, 0.5) is 0 Å². The summed E-state index contributed by atoms with van der Waals surface area (Å²) in [7, 11) is 0. The van der Waals surface area contributed by atoms with E-state index in [1.54, 1.807) is 0 Å². The maximum Gasteiger partial charge on any atom is 0.143 e. The van der Waals surface area contributed by atoms with Gasteiger partial charge in [-0.25, -0.2) is 0 Å². The molecule has 0 aliphatic heterocycles. The summed E-state index contributed by atoms with van der Waals surface area (Å²) < 4.78 is 274. The first-order valence-electron chi connectivity index (χ1n) is 28.7. The summed E-state index contributed by atoms with van der Waals surface area (Å²) in [4.78, 5) is 0. The van der Waals surface area contributed by atoms with E-state index in [0.717, 1.165) is 0 Å². The zero-order chi connectivity index (χ0) is 57.3. The predicted molar refractivity (Wildman–Crippen MR) is 198 cm³/mol. The number of rotatable bonds is 5. The molecule has 1 heterocycles. The Morgan fingerprint density at radius 3 is 1.26 bits per heavy atom. The van der Waals surface area contributed by atoms with Gasteiger partial charge in [0, 0.05) is 22.1 Å². The Morgan fingerprint density at radius 1 is 0.298 bits per heavy atom. The number of hydrogen-bond acceptors (Lipinski definition) is 1. The molecule has 0 aliphatic carbocycles. The molecule has 9 aromatic rings. The van der Waals surface area contributed by atoms with Crippen molar-refractivity contribution in [3.63, 3.8) is 0 Å². The first kappa shape index (κ1) is 10.4. The quantitative estimate of drug-likeness (QED) is 0.173. The standard InChI is InChI=1S/C46H30O/c1-4-14-31(15-5-1)33-24-26-35(27-25-33)46-45(41-30-36(28-29-42(41)47-46)32-16-6-2-7-17-32)44-39-22-12-10-20-37(39)43(34-18-8-3-9-19-34)38-21-11-13-23-40(38)44/h1-30H/i1D,2D,3D,4D,5D,6D,7D,8D,9D,10D,11D,12D,13D,14D,15D,16D,17D,18D,19D,20D,21D,22D,23D,24D,25D,26D,27D,28D,29D,30D. The van der Waals surface area contributed by atoms with E-state index >= 15 is 0 Å². The zero-order valence-corrected chi connectivity index (χ0v) is 23.4. The first-order chi connectivity index (χ1) is 35.8. The Labute approximate surface area is 316 Å². The van der Waals surface area contributed by atoms with Gasteiger partial charge in [-0.05, 0) is 67.0 Å². The van der Waals surface area contributed by atoms with Gasteiger partial charge in [-0.2, -0.15) is 0 Å². The topological polar surface area (TPSA) is 13.1 Å². The van der Waals surface area contributed by atoms with Gasteiger partial charge in [0.15, 0.2) is 0 Å². The van der Waals surface area contributed by atoms with E-state index in [1.807, 2.05) is 0 Å². The second kappa shape index (κ2) is 11.3. The molecule has 0 bridgehead atoms. The van der Waals surface area contributed by atoms with Crippen molar-refractivity contribution in [3.05, 3.63) is 181 Å². The van der Waals surface area contributed by atoms with Gasteiger partial charge < -0.3 is 4.42 Å². The minimum atomic E-state index is -1.16. The first-order valence-corrected chi connectivity index (χ1v) is 13.7. The fourth-order valence-electron chi connectivity index (χ4n) is 5.25. The van der Waals surface area contributed by atoms with Crippen molar-refractivity contribution in [1.82, 2.24) is 0 Å². The fourth-order valence-corrected chi connectivity index (χ4v) is 5.25. The molecular formula is C46H30O. The van der Waals surface area contributed by atoms with Crippen molar-refractivity contribution >= 4 is 32.5 Å². The normalized spacial score (nSPS) is 20.3. The molecule has 0 saturated heterocycles. The SMILES string of the molecule is [2H]c1c([2H])c([2H])c(-c2c([2H])c([2H])c(-c3oc4c([2H])c([2H])c(-c5c([2H])c([2H])c([2H])c([2H])c5[2H])c([2H])c4c3-c3c4c([2H])c([2H])c([2H])c([2H])c4c(-c4c([2H])c([2H])c([2H])c([2H])c4[2H])c4c([2H])c([2H])c([2H])c([2H])c34)c([2H])c2[2H])c([2H])c1[2H]. The number of fused-ring (bicyclic) bond motifs is 3. The van der Waals surface area contributed by atoms with Crippen LogP contribution < -0.4 is 0 Å². The monoisotopic (exact) mass is 628 g/mol. The van der Waals surface area contributed by atoms with Crippen LogP contribution in [0.25, 0.3) is 88.3 Å². The highest BCUT2D eigenvalue weighted by molar-refractivity contribution is 6.25. The molecule has 0 radical (unpaired) electrons. The smallest absolute Gasteiger partial charge is 0.143 e. The van der Waals surface area contributed by atoms with Crippen molar-refractivity contribution in [2.24, 2.45) is 0 Å². The minimum absolute atomic E-state index is 0.767. The average molecular weight is 629 g/mol. The summed E-state index contributed by atoms with van der Waals surface area (Å²) in [6, 6.07) is -30.6. The van der Waals surface area contributed by atoms with Crippen molar-refractivity contribution in [2.75, 3.05) is 0 Å². The van der Waals surface area contributed by atoms with Crippen LogP contribution in [0.5, 0.6) is 0 Å². The Kier molecular flexibility index (Phi) is 2.51. The summed E-state index contributed by atoms with van der Waals surface area (Å²) in [5.41, 5.74) is -8.54. The second-order valence-corrected chi connectivity index (χ2v) is 9.76. The fraction of sp³-hybridized carbons (Fsp3) is 0. The third-order valence-electron chi connectivity index (χ3n) is 7.19. The van der Waals surface area contributed by atoms with E-state index in [-0.39, 0.29) is 0 Å². The molecule has 0 spiro atoms. The van der Waals surface area contributed by atoms with Gasteiger partial charge in [-0.1, -0.05) is 169 Å². The van der Waals surface area contributed by atoms with Crippen molar-refractivity contribution in [3.8, 4) is 55.8 Å². The average Bonchev–Trinajstić information content (AvgIpc) is 3.86. The van der Waals surface area contributed by atoms with Crippen LogP contribution in [-0.2, 0) is 0 Å². The van der Waals surface area contributed by atoms with Crippen molar-refractivity contribution in [2.45, 2.75) is 0 Å². The number of hydrogen-bond donors (Lipinski definition) is 0. The van der Waals surface area contributed by atoms with Gasteiger partial charge in [-0.3, -0.25) is 0 Å². The molecule has 220 valence electrons. The molecule has 0 saturated carbocycles. The second-order valence-electron chi connectivity index (χ2n) is 9.76. The largest absolute Gasteiger partial charge is 0.455 e. The lowest BCUT2D eigenvalue weighted by Crippen LogP contribution is -1.91. The highest BCUT2D eigenvalue weighted by Gasteiger charge is 2.24. The molecule has 0 aliphatic rings. The Bertz CT molecular complexity index is 4070. The molecule has 8 aromatic carbocycles. The third kappa shape index (κ3) is 4.64. The van der Waals surface area contributed by atoms with E-state index < -0.39 is 270 Å². The number of furan rings is 1. The van der Waals surface area contributed by atoms with Crippen molar-refractivity contribution < 1.29 is 45.5 Å². The zero-order valence-electron chi connectivity index (χ0n) is 53.4. The molecule has 0 atom stereocenters.